The molecular formula is C21H16FN3O4S. The number of nitrogens with one attached hydrogen (secondary N) is 2. The van der Waals surface area contributed by atoms with Crippen LogP contribution in [0.15, 0.2) is 72.8 Å². The number of amides is 1. The first kappa shape index (κ1) is 20.9. The van der Waals surface area contributed by atoms with Gasteiger partial charge < -0.3 is 10.1 Å². The highest BCUT2D eigenvalue weighted by Gasteiger charge is 2.15. The van der Waals surface area contributed by atoms with Gasteiger partial charge in [0.15, 0.2) is 5.11 Å². The molecule has 0 heterocycles. The number of nitrogens with zero attached hydrogens (tertiary/aromatic N) is 1. The summed E-state index contributed by atoms with van der Waals surface area (Å²) in [5, 5.41) is 15.8. The third-order valence-electron chi connectivity index (χ3n) is 3.97. The Balaban J connectivity index is 1.61. The lowest BCUT2D eigenvalue weighted by Gasteiger charge is -2.11. The summed E-state index contributed by atoms with van der Waals surface area (Å²) < 4.78 is 19.1. The third kappa shape index (κ3) is 5.58. The molecule has 3 aromatic rings. The topological polar surface area (TPSA) is 93.5 Å². The van der Waals surface area contributed by atoms with E-state index in [1.807, 2.05) is 30.3 Å². The number of nitro groups is 1. The van der Waals surface area contributed by atoms with E-state index in [9.17, 15) is 19.3 Å². The van der Waals surface area contributed by atoms with Gasteiger partial charge in [-0.2, -0.15) is 4.39 Å². The second kappa shape index (κ2) is 9.57. The van der Waals surface area contributed by atoms with Crippen LogP contribution in [0.4, 0.5) is 15.8 Å². The maximum Gasteiger partial charge on any atom is 0.306 e. The van der Waals surface area contributed by atoms with Gasteiger partial charge in [0.2, 0.25) is 5.82 Å². The molecule has 3 rings (SSSR count). The SMILES string of the molecule is O=C(NC(=S)Nc1ccc(F)c([N+](=O)[O-])c1)c1cccc(OCc2ccccc2)c1. The smallest absolute Gasteiger partial charge is 0.306 e. The molecule has 0 fully saturated rings. The number of benzene rings is 3. The molecule has 0 aliphatic heterocycles. The fraction of sp³-hybridized carbons (Fsp3) is 0.0476. The number of carbonyl (C=O) groups excluding carboxylic acids is 1. The summed E-state index contributed by atoms with van der Waals surface area (Å²) in [7, 11) is 0. The van der Waals surface area contributed by atoms with Crippen LogP contribution in [0.25, 0.3) is 0 Å². The van der Waals surface area contributed by atoms with E-state index in [1.54, 1.807) is 24.3 Å². The average molecular weight is 425 g/mol. The first-order valence-electron chi connectivity index (χ1n) is 8.75. The first-order valence-corrected chi connectivity index (χ1v) is 9.16. The highest BCUT2D eigenvalue weighted by Crippen LogP contribution is 2.21. The Morgan fingerprint density at radius 3 is 2.57 bits per heavy atom. The van der Waals surface area contributed by atoms with Gasteiger partial charge in [0.05, 0.1) is 4.92 Å². The van der Waals surface area contributed by atoms with Crippen molar-refractivity contribution in [3.05, 3.63) is 99.9 Å². The zero-order valence-corrected chi connectivity index (χ0v) is 16.3. The molecule has 0 spiro atoms. The van der Waals surface area contributed by atoms with Crippen LogP contribution in [0, 0.1) is 15.9 Å². The van der Waals surface area contributed by atoms with Crippen molar-refractivity contribution in [2.45, 2.75) is 6.61 Å². The van der Waals surface area contributed by atoms with Crippen LogP contribution in [0.5, 0.6) is 5.75 Å². The van der Waals surface area contributed by atoms with E-state index in [2.05, 4.69) is 10.6 Å². The Kier molecular flexibility index (Phi) is 6.66. The van der Waals surface area contributed by atoms with Gasteiger partial charge in [-0.25, -0.2) is 0 Å². The Morgan fingerprint density at radius 1 is 1.07 bits per heavy atom. The van der Waals surface area contributed by atoms with Gasteiger partial charge in [0, 0.05) is 17.3 Å². The number of rotatable bonds is 6. The molecule has 7 nitrogen and oxygen atoms in total. The highest BCUT2D eigenvalue weighted by atomic mass is 32.1. The molecule has 0 aliphatic carbocycles. The number of thiocarbonyl (C=S) groups is 1. The third-order valence-corrected chi connectivity index (χ3v) is 4.18. The summed E-state index contributed by atoms with van der Waals surface area (Å²) in [5.74, 6) is -0.943. The molecule has 0 unspecified atom stereocenters. The second-order valence-electron chi connectivity index (χ2n) is 6.13. The molecule has 0 bridgehead atoms. The highest BCUT2D eigenvalue weighted by molar-refractivity contribution is 7.80. The maximum atomic E-state index is 13.4. The summed E-state index contributed by atoms with van der Waals surface area (Å²) in [6.45, 7) is 0.356. The molecule has 0 aromatic heterocycles. The fourth-order valence-corrected chi connectivity index (χ4v) is 2.75. The lowest BCUT2D eigenvalue weighted by molar-refractivity contribution is -0.387. The number of ether oxygens (including phenoxy) is 1. The van der Waals surface area contributed by atoms with Gasteiger partial charge in [-0.05, 0) is 48.1 Å². The van der Waals surface area contributed by atoms with E-state index in [4.69, 9.17) is 17.0 Å². The van der Waals surface area contributed by atoms with E-state index in [0.717, 1.165) is 17.7 Å². The monoisotopic (exact) mass is 425 g/mol. The summed E-state index contributed by atoms with van der Waals surface area (Å²) >= 11 is 5.06. The molecule has 0 saturated heterocycles. The van der Waals surface area contributed by atoms with Gasteiger partial charge in [0.1, 0.15) is 12.4 Å². The van der Waals surface area contributed by atoms with Gasteiger partial charge in [-0.3, -0.25) is 20.2 Å². The molecule has 3 aromatic carbocycles. The van der Waals surface area contributed by atoms with E-state index in [1.165, 1.54) is 6.07 Å². The van der Waals surface area contributed by atoms with Crippen molar-refractivity contribution in [3.63, 3.8) is 0 Å². The number of anilines is 1. The molecule has 0 saturated carbocycles. The Bertz CT molecular complexity index is 1090. The van der Waals surface area contributed by atoms with Crippen LogP contribution in [0.1, 0.15) is 15.9 Å². The van der Waals surface area contributed by atoms with Crippen molar-refractivity contribution >= 4 is 34.6 Å². The molecule has 1 amide bonds. The molecule has 152 valence electrons. The lowest BCUT2D eigenvalue weighted by Crippen LogP contribution is -2.34. The number of nitro benzene ring substituents is 1. The lowest BCUT2D eigenvalue weighted by atomic mass is 10.2. The fourth-order valence-electron chi connectivity index (χ4n) is 2.54. The van der Waals surface area contributed by atoms with Crippen molar-refractivity contribution in [3.8, 4) is 5.75 Å². The molecular weight excluding hydrogens is 409 g/mol. The molecule has 30 heavy (non-hydrogen) atoms. The number of hydrogen-bond donors (Lipinski definition) is 2. The van der Waals surface area contributed by atoms with Crippen LogP contribution in [-0.2, 0) is 6.61 Å². The first-order chi connectivity index (χ1) is 14.4. The van der Waals surface area contributed by atoms with Crippen molar-refractivity contribution in [1.82, 2.24) is 5.32 Å². The summed E-state index contributed by atoms with van der Waals surface area (Å²) in [5.41, 5.74) is 0.784. The largest absolute Gasteiger partial charge is 0.489 e. The molecule has 0 radical (unpaired) electrons. The summed E-state index contributed by atoms with van der Waals surface area (Å²) in [4.78, 5) is 22.4. The number of hydrogen-bond acceptors (Lipinski definition) is 5. The van der Waals surface area contributed by atoms with Gasteiger partial charge in [0.25, 0.3) is 5.91 Å². The van der Waals surface area contributed by atoms with Crippen LogP contribution < -0.4 is 15.4 Å². The van der Waals surface area contributed by atoms with Gasteiger partial charge in [-0.15, -0.1) is 0 Å². The van der Waals surface area contributed by atoms with E-state index in [-0.39, 0.29) is 10.8 Å². The molecule has 2 N–H and O–H groups in total. The van der Waals surface area contributed by atoms with Crippen LogP contribution in [0.2, 0.25) is 0 Å². The zero-order chi connectivity index (χ0) is 21.5. The second-order valence-corrected chi connectivity index (χ2v) is 6.54. The Labute approximate surface area is 176 Å². The zero-order valence-electron chi connectivity index (χ0n) is 15.5. The van der Waals surface area contributed by atoms with Crippen LogP contribution >= 0.6 is 12.2 Å². The molecule has 9 heteroatoms. The van der Waals surface area contributed by atoms with Crippen LogP contribution in [-0.4, -0.2) is 15.9 Å². The molecule has 0 aliphatic rings. The van der Waals surface area contributed by atoms with Crippen LogP contribution in [0.3, 0.4) is 0 Å². The molecule has 0 atom stereocenters. The van der Waals surface area contributed by atoms with Crippen molar-refractivity contribution in [1.29, 1.82) is 0 Å². The minimum absolute atomic E-state index is 0.0866. The minimum Gasteiger partial charge on any atom is -0.489 e. The van der Waals surface area contributed by atoms with Gasteiger partial charge >= 0.3 is 5.69 Å². The quantitative estimate of drug-likeness (QED) is 0.345. The Morgan fingerprint density at radius 2 is 1.83 bits per heavy atom. The average Bonchev–Trinajstić information content (AvgIpc) is 2.74. The standard InChI is InChI=1S/C21H16FN3O4S/c22-18-10-9-16(12-19(18)25(27)28)23-21(30)24-20(26)15-7-4-8-17(11-15)29-13-14-5-2-1-3-6-14/h1-12H,13H2,(H2,23,24,26,30). The number of carbonyl (C=O) groups is 1. The van der Waals surface area contributed by atoms with Crippen molar-refractivity contribution in [2.24, 2.45) is 0 Å². The normalized spacial score (nSPS) is 10.2. The predicted octanol–water partition coefficient (Wildman–Crippen LogP) is 4.44. The van der Waals surface area contributed by atoms with E-state index >= 15 is 0 Å². The summed E-state index contributed by atoms with van der Waals surface area (Å²) in [6, 6.07) is 19.4. The summed E-state index contributed by atoms with van der Waals surface area (Å²) in [6.07, 6.45) is 0. The van der Waals surface area contributed by atoms with Crippen molar-refractivity contribution < 1.29 is 18.8 Å². The van der Waals surface area contributed by atoms with E-state index < -0.39 is 22.3 Å². The van der Waals surface area contributed by atoms with Crippen molar-refractivity contribution in [2.75, 3.05) is 5.32 Å². The van der Waals surface area contributed by atoms with E-state index in [0.29, 0.717) is 17.9 Å². The maximum absolute atomic E-state index is 13.4. The minimum atomic E-state index is -0.965. The Hall–Kier alpha value is -3.85. The van der Waals surface area contributed by atoms with Gasteiger partial charge in [-0.1, -0.05) is 36.4 Å². The predicted molar refractivity (Wildman–Crippen MR) is 114 cm³/mol. The number of halogens is 1.